The summed E-state index contributed by atoms with van der Waals surface area (Å²) in [5, 5.41) is 0.680. The van der Waals surface area contributed by atoms with Gasteiger partial charge >= 0.3 is 12.2 Å². The summed E-state index contributed by atoms with van der Waals surface area (Å²) < 4.78 is 10.8. The zero-order chi connectivity index (χ0) is 30.1. The highest BCUT2D eigenvalue weighted by molar-refractivity contribution is 6.67. The van der Waals surface area contributed by atoms with E-state index in [-0.39, 0.29) is 5.92 Å². The van der Waals surface area contributed by atoms with E-state index in [1.54, 1.807) is 30.3 Å². The fourth-order valence-corrected chi connectivity index (χ4v) is 5.64. The second-order valence-corrected chi connectivity index (χ2v) is 12.7. The van der Waals surface area contributed by atoms with Crippen molar-refractivity contribution in [3.63, 3.8) is 0 Å². The average molecular weight is 626 g/mol. The zero-order valence-electron chi connectivity index (χ0n) is 22.7. The molecule has 2 heterocycles. The molecule has 1 aromatic heterocycles. The van der Waals surface area contributed by atoms with Gasteiger partial charge in [0.05, 0.1) is 11.6 Å². The molecule has 0 radical (unpaired) electrons. The maximum Gasteiger partial charge on any atom is 0.418 e. The Morgan fingerprint density at radius 3 is 2.10 bits per heavy atom. The molecule has 0 N–H and O–H groups in total. The molecule has 5 rings (SSSR count). The van der Waals surface area contributed by atoms with Crippen molar-refractivity contribution >= 4 is 69.9 Å². The first-order valence-corrected chi connectivity index (χ1v) is 14.4. The lowest BCUT2D eigenvalue weighted by molar-refractivity contribution is -0.125. The first-order chi connectivity index (χ1) is 20.0. The van der Waals surface area contributed by atoms with E-state index in [2.05, 4.69) is 0 Å². The Kier molecular flexibility index (Phi) is 8.37. The summed E-state index contributed by atoms with van der Waals surface area (Å²) >= 11 is 17.2. The molecule has 0 bridgehead atoms. The standard InChI is InChI=1S/C32H27Cl3N2O5/c1-21(2)28-32(23-11-5-3-6-12-23,24-13-7-4-8-14-24)42-30(40)37(28)27(38)18-17-22-19-36(26-16-10-9-15-25(22)26)29(39)41-20-31(33,34)35/h3-19,21,28H,20H2,1-2H3. The molecule has 0 saturated carbocycles. The number of para-hydroxylation sites is 1. The molecule has 4 aromatic rings. The van der Waals surface area contributed by atoms with Crippen LogP contribution in [0.3, 0.4) is 0 Å². The van der Waals surface area contributed by atoms with Crippen molar-refractivity contribution < 1.29 is 23.9 Å². The number of benzene rings is 3. The van der Waals surface area contributed by atoms with Gasteiger partial charge in [-0.2, -0.15) is 0 Å². The number of halogens is 3. The number of carbonyl (C=O) groups excluding carboxylic acids is 3. The van der Waals surface area contributed by atoms with Crippen molar-refractivity contribution in [3.8, 4) is 0 Å². The molecule has 0 spiro atoms. The second-order valence-electron chi connectivity index (χ2n) is 10.2. The van der Waals surface area contributed by atoms with E-state index in [0.29, 0.717) is 16.5 Å². The lowest BCUT2D eigenvalue weighted by Gasteiger charge is -2.37. The predicted octanol–water partition coefficient (Wildman–Crippen LogP) is 7.96. The topological polar surface area (TPSA) is 77.8 Å². The molecule has 10 heteroatoms. The van der Waals surface area contributed by atoms with Gasteiger partial charge in [0.25, 0.3) is 5.91 Å². The Bertz CT molecular complexity index is 1610. The number of hydrogen-bond donors (Lipinski definition) is 0. The van der Waals surface area contributed by atoms with Crippen LogP contribution in [-0.4, -0.2) is 44.0 Å². The maximum atomic E-state index is 13.8. The van der Waals surface area contributed by atoms with Gasteiger partial charge in [0.15, 0.2) is 5.60 Å². The molecule has 3 aromatic carbocycles. The van der Waals surface area contributed by atoms with Crippen molar-refractivity contribution in [2.45, 2.75) is 29.3 Å². The largest absolute Gasteiger partial charge is 0.444 e. The highest BCUT2D eigenvalue weighted by Gasteiger charge is 2.59. The fraction of sp³-hybridized carbons (Fsp3) is 0.219. The van der Waals surface area contributed by atoms with Gasteiger partial charge in [0, 0.05) is 34.3 Å². The van der Waals surface area contributed by atoms with Gasteiger partial charge in [-0.15, -0.1) is 0 Å². The van der Waals surface area contributed by atoms with Crippen LogP contribution in [0, 0.1) is 5.92 Å². The lowest BCUT2D eigenvalue weighted by atomic mass is 9.75. The monoisotopic (exact) mass is 624 g/mol. The third kappa shape index (κ3) is 5.64. The molecule has 216 valence electrons. The van der Waals surface area contributed by atoms with Crippen LogP contribution < -0.4 is 0 Å². The molecule has 0 aliphatic carbocycles. The lowest BCUT2D eigenvalue weighted by Crippen LogP contribution is -2.49. The smallest absolute Gasteiger partial charge is 0.418 e. The van der Waals surface area contributed by atoms with Crippen molar-refractivity contribution in [2.24, 2.45) is 5.92 Å². The average Bonchev–Trinajstić information content (AvgIpc) is 3.51. The van der Waals surface area contributed by atoms with Gasteiger partial charge in [-0.05, 0) is 18.1 Å². The van der Waals surface area contributed by atoms with E-state index in [1.165, 1.54) is 21.7 Å². The van der Waals surface area contributed by atoms with Gasteiger partial charge < -0.3 is 9.47 Å². The molecule has 1 aliphatic rings. The van der Waals surface area contributed by atoms with Crippen LogP contribution in [0.15, 0.2) is 97.2 Å². The molecule has 1 atom stereocenters. The molecule has 1 saturated heterocycles. The van der Waals surface area contributed by atoms with E-state index < -0.39 is 40.1 Å². The van der Waals surface area contributed by atoms with E-state index in [9.17, 15) is 14.4 Å². The number of aromatic nitrogens is 1. The Morgan fingerprint density at radius 1 is 0.952 bits per heavy atom. The number of nitrogens with zero attached hydrogens (tertiary/aromatic N) is 2. The van der Waals surface area contributed by atoms with E-state index in [0.717, 1.165) is 11.1 Å². The van der Waals surface area contributed by atoms with Crippen LogP contribution in [0.2, 0.25) is 0 Å². The van der Waals surface area contributed by atoms with E-state index in [1.807, 2.05) is 74.5 Å². The van der Waals surface area contributed by atoms with Crippen LogP contribution in [0.5, 0.6) is 0 Å². The molecular weight excluding hydrogens is 599 g/mol. The van der Waals surface area contributed by atoms with Gasteiger partial charge in [-0.3, -0.25) is 9.36 Å². The quantitative estimate of drug-likeness (QED) is 0.161. The number of rotatable bonds is 6. The zero-order valence-corrected chi connectivity index (χ0v) is 25.0. The minimum atomic E-state index is -1.76. The molecular formula is C32H27Cl3N2O5. The Balaban J connectivity index is 1.51. The van der Waals surface area contributed by atoms with Crippen molar-refractivity contribution in [3.05, 3.63) is 114 Å². The number of imide groups is 1. The highest BCUT2D eigenvalue weighted by Crippen LogP contribution is 2.47. The number of fused-ring (bicyclic) bond motifs is 1. The third-order valence-electron chi connectivity index (χ3n) is 7.12. The van der Waals surface area contributed by atoms with E-state index in [4.69, 9.17) is 44.3 Å². The van der Waals surface area contributed by atoms with Crippen molar-refractivity contribution in [1.82, 2.24) is 9.47 Å². The summed E-state index contributed by atoms with van der Waals surface area (Å²) in [6.45, 7) is 3.46. The predicted molar refractivity (Wildman–Crippen MR) is 164 cm³/mol. The Hall–Kier alpha value is -3.78. The highest BCUT2D eigenvalue weighted by atomic mass is 35.6. The summed E-state index contributed by atoms with van der Waals surface area (Å²) in [5.74, 6) is -0.716. The van der Waals surface area contributed by atoms with Crippen LogP contribution in [0.25, 0.3) is 17.0 Å². The molecule has 1 fully saturated rings. The number of ether oxygens (including phenoxy) is 2. The molecule has 1 aliphatic heterocycles. The Morgan fingerprint density at radius 2 is 1.52 bits per heavy atom. The summed E-state index contributed by atoms with van der Waals surface area (Å²) in [4.78, 5) is 41.2. The molecule has 42 heavy (non-hydrogen) atoms. The second kappa shape index (κ2) is 11.8. The molecule has 2 amide bonds. The van der Waals surface area contributed by atoms with Crippen LogP contribution in [-0.2, 0) is 19.9 Å². The summed E-state index contributed by atoms with van der Waals surface area (Å²) in [7, 11) is 0. The summed E-state index contributed by atoms with van der Waals surface area (Å²) in [6.07, 6.45) is 2.90. The fourth-order valence-electron chi connectivity index (χ4n) is 5.48. The SMILES string of the molecule is CC(C)C1N(C(=O)C=Cc2cn(C(=O)OCC(Cl)(Cl)Cl)c3ccccc23)C(=O)OC1(c1ccccc1)c1ccccc1. The molecule has 1 unspecified atom stereocenters. The normalized spacial score (nSPS) is 16.8. The number of cyclic esters (lactones) is 1. The van der Waals surface area contributed by atoms with Crippen molar-refractivity contribution in [2.75, 3.05) is 6.61 Å². The number of alkyl halides is 3. The first kappa shape index (κ1) is 29.7. The van der Waals surface area contributed by atoms with Crippen molar-refractivity contribution in [1.29, 1.82) is 0 Å². The minimum absolute atomic E-state index is 0.163. The maximum absolute atomic E-state index is 13.8. The Labute approximate surface area is 258 Å². The summed E-state index contributed by atoms with van der Waals surface area (Å²) in [6, 6.07) is 25.3. The van der Waals surface area contributed by atoms with Crippen LogP contribution >= 0.6 is 34.8 Å². The third-order valence-corrected chi connectivity index (χ3v) is 7.45. The van der Waals surface area contributed by atoms with Gasteiger partial charge in [-0.1, -0.05) is 128 Å². The first-order valence-electron chi connectivity index (χ1n) is 13.2. The molecule has 7 nitrogen and oxygen atoms in total. The summed E-state index contributed by atoms with van der Waals surface area (Å²) in [5.41, 5.74) is 1.40. The number of amides is 2. The van der Waals surface area contributed by atoms with Crippen LogP contribution in [0.1, 0.15) is 30.5 Å². The van der Waals surface area contributed by atoms with Crippen LogP contribution in [0.4, 0.5) is 9.59 Å². The van der Waals surface area contributed by atoms with Gasteiger partial charge in [0.2, 0.25) is 3.79 Å². The number of hydrogen-bond acceptors (Lipinski definition) is 5. The minimum Gasteiger partial charge on any atom is -0.444 e. The van der Waals surface area contributed by atoms with E-state index >= 15 is 0 Å². The number of carbonyl (C=O) groups is 3. The van der Waals surface area contributed by atoms with Gasteiger partial charge in [-0.25, -0.2) is 14.5 Å². The van der Waals surface area contributed by atoms with Gasteiger partial charge in [0.1, 0.15) is 6.61 Å².